The Kier molecular flexibility index (Phi) is 6.57. The monoisotopic (exact) mass is 462 g/mol. The normalized spacial score (nSPS) is 25.8. The number of likely N-dealkylation sites (tertiary alicyclic amines) is 1. The molecule has 2 aromatic rings. The van der Waals surface area contributed by atoms with Gasteiger partial charge in [0.15, 0.2) is 0 Å². The number of carbonyl (C=O) groups excluding carboxylic acids is 2. The van der Waals surface area contributed by atoms with Crippen LogP contribution in [0.15, 0.2) is 42.5 Å². The van der Waals surface area contributed by atoms with Crippen molar-refractivity contribution >= 4 is 28.6 Å². The van der Waals surface area contributed by atoms with Gasteiger partial charge in [0.2, 0.25) is 5.91 Å². The number of aliphatic carboxylic acids is 1. The van der Waals surface area contributed by atoms with Crippen LogP contribution < -0.4 is 5.32 Å². The van der Waals surface area contributed by atoms with Crippen molar-refractivity contribution in [2.75, 3.05) is 6.54 Å². The molecule has 6 nitrogen and oxygen atoms in total. The van der Waals surface area contributed by atoms with E-state index in [-0.39, 0.29) is 23.7 Å². The van der Waals surface area contributed by atoms with Gasteiger partial charge >= 0.3 is 5.97 Å². The van der Waals surface area contributed by atoms with E-state index in [0.29, 0.717) is 24.4 Å². The average molecular weight is 463 g/mol. The van der Waals surface area contributed by atoms with Gasteiger partial charge in [-0.1, -0.05) is 68.9 Å². The molecule has 0 radical (unpaired) electrons. The maximum absolute atomic E-state index is 13.8. The summed E-state index contributed by atoms with van der Waals surface area (Å²) in [5, 5.41) is 15.0. The fourth-order valence-electron chi connectivity index (χ4n) is 6.60. The predicted octanol–water partition coefficient (Wildman–Crippen LogP) is 4.62. The first kappa shape index (κ1) is 22.9. The van der Waals surface area contributed by atoms with E-state index in [1.807, 2.05) is 36.4 Å². The molecule has 4 atom stereocenters. The molecule has 2 aliphatic carbocycles. The van der Waals surface area contributed by atoms with Gasteiger partial charge in [-0.2, -0.15) is 0 Å². The molecule has 1 aliphatic heterocycles. The Morgan fingerprint density at radius 3 is 2.47 bits per heavy atom. The smallest absolute Gasteiger partial charge is 0.326 e. The highest BCUT2D eigenvalue weighted by atomic mass is 16.4. The minimum absolute atomic E-state index is 0.0352. The quantitative estimate of drug-likeness (QED) is 0.656. The maximum atomic E-state index is 13.8. The lowest BCUT2D eigenvalue weighted by atomic mass is 9.84. The van der Waals surface area contributed by atoms with Crippen LogP contribution in [0.5, 0.6) is 0 Å². The van der Waals surface area contributed by atoms with Crippen molar-refractivity contribution in [1.82, 2.24) is 10.2 Å². The molecule has 0 unspecified atom stereocenters. The van der Waals surface area contributed by atoms with Gasteiger partial charge in [-0.15, -0.1) is 0 Å². The highest BCUT2D eigenvalue weighted by Crippen LogP contribution is 2.42. The Morgan fingerprint density at radius 1 is 0.941 bits per heavy atom. The third-order valence-electron chi connectivity index (χ3n) is 8.34. The van der Waals surface area contributed by atoms with E-state index in [2.05, 4.69) is 5.32 Å². The summed E-state index contributed by atoms with van der Waals surface area (Å²) in [6.07, 6.45) is 9.09. The lowest BCUT2D eigenvalue weighted by Crippen LogP contribution is -2.53. The third-order valence-corrected chi connectivity index (χ3v) is 8.34. The van der Waals surface area contributed by atoms with Crippen LogP contribution in [-0.4, -0.2) is 46.4 Å². The predicted molar refractivity (Wildman–Crippen MR) is 130 cm³/mol. The molecule has 3 fully saturated rings. The first-order valence-corrected chi connectivity index (χ1v) is 12.8. The van der Waals surface area contributed by atoms with Gasteiger partial charge in [0.1, 0.15) is 12.1 Å². The molecule has 34 heavy (non-hydrogen) atoms. The highest BCUT2D eigenvalue weighted by molar-refractivity contribution is 6.01. The summed E-state index contributed by atoms with van der Waals surface area (Å²) in [7, 11) is 0. The molecular weight excluding hydrogens is 428 g/mol. The molecule has 0 spiro atoms. The third kappa shape index (κ3) is 4.55. The van der Waals surface area contributed by atoms with Crippen molar-refractivity contribution in [3.05, 3.63) is 48.0 Å². The number of carboxylic acid groups (broad SMARTS) is 1. The largest absolute Gasteiger partial charge is 0.480 e. The van der Waals surface area contributed by atoms with E-state index < -0.39 is 18.1 Å². The van der Waals surface area contributed by atoms with Gasteiger partial charge in [0.25, 0.3) is 5.91 Å². The first-order valence-electron chi connectivity index (χ1n) is 12.8. The van der Waals surface area contributed by atoms with Crippen molar-refractivity contribution in [3.63, 3.8) is 0 Å². The van der Waals surface area contributed by atoms with Gasteiger partial charge in [-0.05, 0) is 59.9 Å². The number of hydrogen-bond acceptors (Lipinski definition) is 3. The van der Waals surface area contributed by atoms with Gasteiger partial charge in [0.05, 0.1) is 0 Å². The second-order valence-corrected chi connectivity index (χ2v) is 10.5. The molecule has 2 amide bonds. The number of nitrogens with one attached hydrogen (secondary N) is 1. The fraction of sp³-hybridized carbons (Fsp3) is 0.536. The minimum atomic E-state index is -0.917. The zero-order valence-corrected chi connectivity index (χ0v) is 19.6. The van der Waals surface area contributed by atoms with Gasteiger partial charge in [-0.3, -0.25) is 9.59 Å². The Morgan fingerprint density at radius 2 is 1.71 bits per heavy atom. The number of amides is 2. The van der Waals surface area contributed by atoms with Crippen LogP contribution in [0.4, 0.5) is 0 Å². The number of hydrogen-bond donors (Lipinski definition) is 2. The number of rotatable bonds is 6. The second kappa shape index (κ2) is 9.77. The van der Waals surface area contributed by atoms with Crippen LogP contribution in [0, 0.1) is 17.8 Å². The van der Waals surface area contributed by atoms with Crippen molar-refractivity contribution in [2.45, 2.75) is 69.9 Å². The van der Waals surface area contributed by atoms with Crippen molar-refractivity contribution in [3.8, 4) is 0 Å². The zero-order chi connectivity index (χ0) is 23.7. The van der Waals surface area contributed by atoms with Crippen molar-refractivity contribution in [1.29, 1.82) is 0 Å². The van der Waals surface area contributed by atoms with Crippen LogP contribution in [0.3, 0.4) is 0 Å². The summed E-state index contributed by atoms with van der Waals surface area (Å²) in [4.78, 5) is 40.8. The summed E-state index contributed by atoms with van der Waals surface area (Å²) in [6.45, 7) is 0.494. The molecule has 3 aliphatic rings. The fourth-order valence-corrected chi connectivity index (χ4v) is 6.60. The van der Waals surface area contributed by atoms with E-state index in [0.717, 1.165) is 55.7 Å². The molecule has 2 aromatic carbocycles. The van der Waals surface area contributed by atoms with E-state index in [1.54, 1.807) is 11.0 Å². The number of nitrogens with zero attached hydrogens (tertiary/aromatic N) is 1. The van der Waals surface area contributed by atoms with Crippen LogP contribution in [0.2, 0.25) is 0 Å². The van der Waals surface area contributed by atoms with Crippen molar-refractivity contribution in [2.24, 2.45) is 17.8 Å². The van der Waals surface area contributed by atoms with Gasteiger partial charge < -0.3 is 15.3 Å². The molecule has 1 saturated heterocycles. The Balaban J connectivity index is 1.38. The zero-order valence-electron chi connectivity index (χ0n) is 19.6. The number of benzene rings is 2. The highest BCUT2D eigenvalue weighted by Gasteiger charge is 2.50. The summed E-state index contributed by atoms with van der Waals surface area (Å²) in [5.41, 5.74) is 0.522. The molecule has 0 aromatic heterocycles. The van der Waals surface area contributed by atoms with E-state index in [4.69, 9.17) is 0 Å². The topological polar surface area (TPSA) is 86.7 Å². The molecular formula is C28H34N2O4. The van der Waals surface area contributed by atoms with E-state index >= 15 is 0 Å². The molecule has 2 N–H and O–H groups in total. The van der Waals surface area contributed by atoms with Crippen LogP contribution in [0.25, 0.3) is 10.8 Å². The lowest BCUT2D eigenvalue weighted by molar-refractivity contribution is -0.150. The summed E-state index contributed by atoms with van der Waals surface area (Å²) in [6, 6.07) is 12.0. The first-order chi connectivity index (χ1) is 16.5. The summed E-state index contributed by atoms with van der Waals surface area (Å²) in [5.74, 6) is -0.734. The average Bonchev–Trinajstić information content (AvgIpc) is 3.45. The molecule has 1 heterocycles. The molecule has 0 bridgehead atoms. The standard InChI is InChI=1S/C28H34N2O4/c31-26(21-14-13-19-9-4-5-10-20(19)16-21)29-24(15-18-7-2-1-3-8-18)27(32)30-17-22-11-6-12-23(22)25(30)28(33)34/h4-5,9-10,13-14,16,18,22-25H,1-3,6-8,11-12,15,17H2,(H,29,31)(H,33,34)/t22-,23-,24+,25-/m0/s1. The Bertz CT molecular complexity index is 1080. The number of carbonyl (C=O) groups is 3. The Labute approximate surface area is 200 Å². The van der Waals surface area contributed by atoms with Gasteiger partial charge in [0, 0.05) is 12.1 Å². The molecule has 2 saturated carbocycles. The van der Waals surface area contributed by atoms with Crippen LogP contribution >= 0.6 is 0 Å². The summed E-state index contributed by atoms with van der Waals surface area (Å²) < 4.78 is 0. The summed E-state index contributed by atoms with van der Waals surface area (Å²) >= 11 is 0. The maximum Gasteiger partial charge on any atom is 0.326 e. The van der Waals surface area contributed by atoms with Crippen LogP contribution in [0.1, 0.15) is 68.1 Å². The van der Waals surface area contributed by atoms with E-state index in [1.165, 1.54) is 6.42 Å². The van der Waals surface area contributed by atoms with Crippen LogP contribution in [-0.2, 0) is 9.59 Å². The number of fused-ring (bicyclic) bond motifs is 2. The number of carboxylic acids is 1. The van der Waals surface area contributed by atoms with E-state index in [9.17, 15) is 19.5 Å². The minimum Gasteiger partial charge on any atom is -0.480 e. The molecule has 6 heteroatoms. The Hall–Kier alpha value is -2.89. The molecule has 5 rings (SSSR count). The molecule has 180 valence electrons. The lowest BCUT2D eigenvalue weighted by Gasteiger charge is -2.32. The van der Waals surface area contributed by atoms with Gasteiger partial charge in [-0.25, -0.2) is 4.79 Å². The SMILES string of the molecule is O=C(N[C@H](CC1CCCCC1)C(=O)N1C[C@@H]2CCC[C@@H]2[C@H]1C(=O)O)c1ccc2ccccc2c1. The van der Waals surface area contributed by atoms with Crippen molar-refractivity contribution < 1.29 is 19.5 Å². The second-order valence-electron chi connectivity index (χ2n) is 10.5.